The second-order valence-corrected chi connectivity index (χ2v) is 7.99. The summed E-state index contributed by atoms with van der Waals surface area (Å²) in [5.41, 5.74) is 1.48. The highest BCUT2D eigenvalue weighted by Gasteiger charge is 2.47. The third-order valence-corrected chi connectivity index (χ3v) is 5.61. The lowest BCUT2D eigenvalue weighted by Gasteiger charge is -2.26. The summed E-state index contributed by atoms with van der Waals surface area (Å²) < 4.78 is 40.0. The molecule has 1 fully saturated rings. The topological polar surface area (TPSA) is 57.6 Å². The fraction of sp³-hybridized carbons (Fsp3) is 0.154. The highest BCUT2D eigenvalue weighted by Crippen LogP contribution is 2.43. The minimum atomic E-state index is -4.62. The molecule has 1 atom stereocenters. The van der Waals surface area contributed by atoms with Crippen LogP contribution >= 0.6 is 0 Å². The van der Waals surface area contributed by atoms with E-state index >= 15 is 0 Å². The molecule has 3 aromatic rings. The van der Waals surface area contributed by atoms with Gasteiger partial charge in [-0.15, -0.1) is 0 Å². The number of rotatable bonds is 3. The van der Waals surface area contributed by atoms with Crippen LogP contribution in [0.5, 0.6) is 0 Å². The SMILES string of the molecule is Cc1ccc(/C(O)=C2/C(=O)C(=O)N(c3cccc(C(F)(F)F)c3)C2c2ccc(C)cc2)cc1. The van der Waals surface area contributed by atoms with Gasteiger partial charge in [-0.1, -0.05) is 65.7 Å². The molecule has 1 N–H and O–H groups in total. The number of amides is 1. The van der Waals surface area contributed by atoms with Gasteiger partial charge in [0, 0.05) is 11.3 Å². The number of aliphatic hydroxyl groups excluding tert-OH is 1. The Morgan fingerprint density at radius 2 is 1.45 bits per heavy atom. The quantitative estimate of drug-likeness (QED) is 0.304. The van der Waals surface area contributed by atoms with E-state index < -0.39 is 29.5 Å². The zero-order valence-electron chi connectivity index (χ0n) is 17.9. The van der Waals surface area contributed by atoms with E-state index in [0.717, 1.165) is 28.2 Å². The van der Waals surface area contributed by atoms with Crippen molar-refractivity contribution in [3.8, 4) is 0 Å². The van der Waals surface area contributed by atoms with E-state index in [1.165, 1.54) is 12.1 Å². The van der Waals surface area contributed by atoms with E-state index in [-0.39, 0.29) is 17.0 Å². The van der Waals surface area contributed by atoms with Crippen molar-refractivity contribution >= 4 is 23.1 Å². The Labute approximate surface area is 188 Å². The number of aryl methyl sites for hydroxylation is 2. The van der Waals surface area contributed by atoms with Crippen LogP contribution in [0.15, 0.2) is 78.4 Å². The second kappa shape index (κ2) is 8.24. The molecule has 7 heteroatoms. The van der Waals surface area contributed by atoms with Gasteiger partial charge in [0.05, 0.1) is 17.2 Å². The van der Waals surface area contributed by atoms with Crippen molar-refractivity contribution < 1.29 is 27.9 Å². The van der Waals surface area contributed by atoms with Crippen LogP contribution in [0.4, 0.5) is 18.9 Å². The zero-order valence-corrected chi connectivity index (χ0v) is 17.9. The smallest absolute Gasteiger partial charge is 0.416 e. The number of ketones is 1. The Bertz CT molecular complexity index is 1260. The minimum absolute atomic E-state index is 0.0829. The van der Waals surface area contributed by atoms with Gasteiger partial charge in [0.15, 0.2) is 0 Å². The Morgan fingerprint density at radius 1 is 0.879 bits per heavy atom. The van der Waals surface area contributed by atoms with Crippen molar-refractivity contribution in [2.45, 2.75) is 26.1 Å². The predicted molar refractivity (Wildman–Crippen MR) is 119 cm³/mol. The first-order chi connectivity index (χ1) is 15.6. The summed E-state index contributed by atoms with van der Waals surface area (Å²) in [5.74, 6) is -2.35. The number of carbonyl (C=O) groups excluding carboxylic acids is 2. The number of hydrogen-bond acceptors (Lipinski definition) is 3. The van der Waals surface area contributed by atoms with Gasteiger partial charge < -0.3 is 5.11 Å². The number of Topliss-reactive ketones (excluding diaryl/α,β-unsaturated/α-hetero) is 1. The number of carbonyl (C=O) groups is 2. The van der Waals surface area contributed by atoms with E-state index in [1.54, 1.807) is 48.5 Å². The van der Waals surface area contributed by atoms with Crippen molar-refractivity contribution in [2.24, 2.45) is 0 Å². The van der Waals surface area contributed by atoms with Crippen LogP contribution in [0.2, 0.25) is 0 Å². The Morgan fingerprint density at radius 3 is 2.03 bits per heavy atom. The molecule has 1 unspecified atom stereocenters. The second-order valence-electron chi connectivity index (χ2n) is 7.99. The van der Waals surface area contributed by atoms with Gasteiger partial charge in [-0.3, -0.25) is 14.5 Å². The lowest BCUT2D eigenvalue weighted by Crippen LogP contribution is -2.29. The molecule has 1 aliphatic rings. The average Bonchev–Trinajstić information content (AvgIpc) is 3.04. The van der Waals surface area contributed by atoms with Gasteiger partial charge in [-0.25, -0.2) is 0 Å². The molecule has 0 spiro atoms. The van der Waals surface area contributed by atoms with Crippen molar-refractivity contribution in [1.82, 2.24) is 0 Å². The van der Waals surface area contributed by atoms with Crippen molar-refractivity contribution in [1.29, 1.82) is 0 Å². The Balaban J connectivity index is 1.94. The molecule has 33 heavy (non-hydrogen) atoms. The maximum Gasteiger partial charge on any atom is 0.416 e. The first kappa shape index (κ1) is 22.3. The van der Waals surface area contributed by atoms with Crippen LogP contribution in [0.1, 0.15) is 33.9 Å². The van der Waals surface area contributed by atoms with Crippen LogP contribution in [0, 0.1) is 13.8 Å². The summed E-state index contributed by atoms with van der Waals surface area (Å²) in [6.45, 7) is 3.72. The number of alkyl halides is 3. The summed E-state index contributed by atoms with van der Waals surface area (Å²) >= 11 is 0. The molecule has 1 heterocycles. The summed E-state index contributed by atoms with van der Waals surface area (Å²) in [5, 5.41) is 11.0. The van der Waals surface area contributed by atoms with Gasteiger partial charge in [0.1, 0.15) is 5.76 Å². The van der Waals surface area contributed by atoms with E-state index in [2.05, 4.69) is 0 Å². The third kappa shape index (κ3) is 4.14. The monoisotopic (exact) mass is 451 g/mol. The van der Waals surface area contributed by atoms with Gasteiger partial charge >= 0.3 is 6.18 Å². The maximum absolute atomic E-state index is 13.3. The van der Waals surface area contributed by atoms with Crippen LogP contribution in [0.3, 0.4) is 0 Å². The molecule has 3 aromatic carbocycles. The molecular weight excluding hydrogens is 431 g/mol. The summed E-state index contributed by atoms with van der Waals surface area (Å²) in [7, 11) is 0. The summed E-state index contributed by atoms with van der Waals surface area (Å²) in [6.07, 6.45) is -4.62. The molecule has 1 saturated heterocycles. The van der Waals surface area contributed by atoms with Crippen LogP contribution in [0.25, 0.3) is 5.76 Å². The van der Waals surface area contributed by atoms with Crippen molar-refractivity contribution in [2.75, 3.05) is 4.90 Å². The van der Waals surface area contributed by atoms with Crippen LogP contribution in [-0.4, -0.2) is 16.8 Å². The van der Waals surface area contributed by atoms with Crippen LogP contribution in [-0.2, 0) is 15.8 Å². The molecule has 0 saturated carbocycles. The molecule has 0 bridgehead atoms. The first-order valence-electron chi connectivity index (χ1n) is 10.2. The lowest BCUT2D eigenvalue weighted by molar-refractivity contribution is -0.137. The number of nitrogens with zero attached hydrogens (tertiary/aromatic N) is 1. The highest BCUT2D eigenvalue weighted by atomic mass is 19.4. The average molecular weight is 451 g/mol. The highest BCUT2D eigenvalue weighted by molar-refractivity contribution is 6.51. The van der Waals surface area contributed by atoms with Crippen molar-refractivity contribution in [3.63, 3.8) is 0 Å². The van der Waals surface area contributed by atoms with E-state index in [4.69, 9.17) is 0 Å². The van der Waals surface area contributed by atoms with Gasteiger partial charge in [0.25, 0.3) is 11.7 Å². The molecule has 4 rings (SSSR count). The molecule has 1 amide bonds. The number of hydrogen-bond donors (Lipinski definition) is 1. The van der Waals surface area contributed by atoms with Crippen molar-refractivity contribution in [3.05, 3.63) is 106 Å². The van der Waals surface area contributed by atoms with Crippen LogP contribution < -0.4 is 4.90 Å². The maximum atomic E-state index is 13.3. The van der Waals surface area contributed by atoms with E-state index in [0.29, 0.717) is 11.1 Å². The largest absolute Gasteiger partial charge is 0.507 e. The van der Waals surface area contributed by atoms with Gasteiger partial charge in [0.2, 0.25) is 0 Å². The molecule has 4 nitrogen and oxygen atoms in total. The van der Waals surface area contributed by atoms with Gasteiger partial charge in [-0.2, -0.15) is 13.2 Å². The summed E-state index contributed by atoms with van der Waals surface area (Å²) in [4.78, 5) is 27.2. The number of anilines is 1. The fourth-order valence-corrected chi connectivity index (χ4v) is 3.86. The number of halogens is 3. The molecular formula is C26H20F3NO3. The zero-order chi connectivity index (χ0) is 23.9. The minimum Gasteiger partial charge on any atom is -0.507 e. The standard InChI is InChI=1S/C26H20F3NO3/c1-15-6-10-17(11-7-15)22-21(23(31)18-12-8-16(2)9-13-18)24(32)25(33)30(22)20-5-3-4-19(14-20)26(27,28)29/h3-14,22,31H,1-2H3/b23-21-. The fourth-order valence-electron chi connectivity index (χ4n) is 3.86. The van der Waals surface area contributed by atoms with E-state index in [9.17, 15) is 27.9 Å². The molecule has 0 radical (unpaired) electrons. The molecule has 168 valence electrons. The third-order valence-electron chi connectivity index (χ3n) is 5.61. The lowest BCUT2D eigenvalue weighted by atomic mass is 9.94. The number of benzene rings is 3. The predicted octanol–water partition coefficient (Wildman–Crippen LogP) is 5.95. The summed E-state index contributed by atoms with van der Waals surface area (Å²) in [6, 6.07) is 16.8. The number of aliphatic hydroxyl groups is 1. The Kier molecular flexibility index (Phi) is 5.57. The van der Waals surface area contributed by atoms with Gasteiger partial charge in [-0.05, 0) is 37.6 Å². The van der Waals surface area contributed by atoms with E-state index in [1.807, 2.05) is 13.8 Å². The molecule has 1 aliphatic heterocycles. The first-order valence-corrected chi connectivity index (χ1v) is 10.2. The molecule has 0 aromatic heterocycles. The Hall–Kier alpha value is -3.87. The molecule has 0 aliphatic carbocycles. The normalized spacial score (nSPS) is 18.1.